The van der Waals surface area contributed by atoms with Gasteiger partial charge in [-0.3, -0.25) is 9.78 Å². The van der Waals surface area contributed by atoms with Crippen molar-refractivity contribution in [2.75, 3.05) is 31.1 Å². The van der Waals surface area contributed by atoms with Gasteiger partial charge in [0.1, 0.15) is 0 Å². The van der Waals surface area contributed by atoms with Gasteiger partial charge in [0.15, 0.2) is 0 Å². The highest BCUT2D eigenvalue weighted by Gasteiger charge is 2.38. The maximum Gasteiger partial charge on any atom is 0.490 e. The van der Waals surface area contributed by atoms with Crippen molar-refractivity contribution in [2.45, 2.75) is 12.6 Å². The molecule has 1 amide bonds. The number of rotatable bonds is 3. The number of carboxylic acid groups (broad SMARTS) is 1. The molecular formula is C23H21BrF3N3O3. The summed E-state index contributed by atoms with van der Waals surface area (Å²) in [6.45, 7) is 3.26. The molecule has 0 radical (unpaired) electrons. The molecule has 0 unspecified atom stereocenters. The predicted octanol–water partition coefficient (Wildman–Crippen LogP) is 4.52. The summed E-state index contributed by atoms with van der Waals surface area (Å²) in [4.78, 5) is 29.9. The normalized spacial score (nSPS) is 13.9. The molecule has 0 spiro atoms. The summed E-state index contributed by atoms with van der Waals surface area (Å²) >= 11 is 3.43. The molecule has 1 aromatic heterocycles. The van der Waals surface area contributed by atoms with E-state index in [9.17, 15) is 18.0 Å². The van der Waals surface area contributed by atoms with Gasteiger partial charge in [-0.2, -0.15) is 13.2 Å². The largest absolute Gasteiger partial charge is 0.490 e. The molecule has 1 N–H and O–H groups in total. The number of carbonyl (C=O) groups is 2. The van der Waals surface area contributed by atoms with Crippen LogP contribution < -0.4 is 4.90 Å². The summed E-state index contributed by atoms with van der Waals surface area (Å²) < 4.78 is 32.8. The Morgan fingerprint density at radius 3 is 2.21 bits per heavy atom. The molecule has 2 aromatic carbocycles. The number of pyridine rings is 1. The molecule has 6 nitrogen and oxygen atoms in total. The van der Waals surface area contributed by atoms with Gasteiger partial charge in [-0.25, -0.2) is 4.79 Å². The molecule has 33 heavy (non-hydrogen) atoms. The lowest BCUT2D eigenvalue weighted by Gasteiger charge is -2.36. The first-order valence-corrected chi connectivity index (χ1v) is 10.8. The highest BCUT2D eigenvalue weighted by Crippen LogP contribution is 2.23. The summed E-state index contributed by atoms with van der Waals surface area (Å²) in [6.07, 6.45) is -0.904. The van der Waals surface area contributed by atoms with Crippen LogP contribution in [0.15, 0.2) is 65.4 Å². The average Bonchev–Trinajstić information content (AvgIpc) is 2.80. The number of carboxylic acids is 1. The van der Waals surface area contributed by atoms with Crippen molar-refractivity contribution < 1.29 is 27.9 Å². The summed E-state index contributed by atoms with van der Waals surface area (Å²) in [5.74, 6) is -2.55. The van der Waals surface area contributed by atoms with Crippen LogP contribution >= 0.6 is 15.9 Å². The molecule has 2 heterocycles. The van der Waals surface area contributed by atoms with Crippen LogP contribution in [0.4, 0.5) is 18.9 Å². The SMILES string of the molecule is O=C(Cc1ccc(Br)cc1)N1CCN(c2ccc3cnccc3c2)CC1.O=C(O)C(F)(F)F. The third-order valence-corrected chi connectivity index (χ3v) is 5.66. The van der Waals surface area contributed by atoms with Crippen molar-refractivity contribution in [3.63, 3.8) is 0 Å². The van der Waals surface area contributed by atoms with E-state index in [-0.39, 0.29) is 5.91 Å². The van der Waals surface area contributed by atoms with Crippen LogP contribution in [0.2, 0.25) is 0 Å². The Morgan fingerprint density at radius 1 is 0.970 bits per heavy atom. The van der Waals surface area contributed by atoms with Crippen molar-refractivity contribution in [1.82, 2.24) is 9.88 Å². The lowest BCUT2D eigenvalue weighted by molar-refractivity contribution is -0.192. The summed E-state index contributed by atoms with van der Waals surface area (Å²) in [5.41, 5.74) is 2.27. The minimum absolute atomic E-state index is 0.205. The number of carbonyl (C=O) groups excluding carboxylic acids is 1. The standard InChI is InChI=1S/C21H20BrN3O.C2HF3O2/c22-19-4-1-16(2-5-19)13-21(26)25-11-9-24(10-12-25)20-6-3-18-15-23-8-7-17(18)14-20;3-2(4,5)1(6)7/h1-8,14-15H,9-13H2;(H,6,7). The fraction of sp³-hybridized carbons (Fsp3) is 0.261. The molecule has 10 heteroatoms. The predicted molar refractivity (Wildman–Crippen MR) is 122 cm³/mol. The maximum absolute atomic E-state index is 12.6. The Bertz CT molecular complexity index is 1120. The first kappa shape index (κ1) is 24.5. The minimum Gasteiger partial charge on any atom is -0.475 e. The molecule has 3 aromatic rings. The number of amides is 1. The second-order valence-corrected chi connectivity index (χ2v) is 8.30. The number of fused-ring (bicyclic) bond motifs is 1. The Labute approximate surface area is 196 Å². The number of alkyl halides is 3. The number of hydrogen-bond donors (Lipinski definition) is 1. The van der Waals surface area contributed by atoms with E-state index in [1.807, 2.05) is 47.6 Å². The third-order valence-electron chi connectivity index (χ3n) is 5.13. The van der Waals surface area contributed by atoms with Crippen molar-refractivity contribution in [3.05, 3.63) is 71.0 Å². The fourth-order valence-corrected chi connectivity index (χ4v) is 3.63. The van der Waals surface area contributed by atoms with Crippen LogP contribution in [0.1, 0.15) is 5.56 Å². The number of piperazine rings is 1. The van der Waals surface area contributed by atoms with Crippen molar-refractivity contribution >= 4 is 44.3 Å². The van der Waals surface area contributed by atoms with Crippen molar-refractivity contribution in [3.8, 4) is 0 Å². The topological polar surface area (TPSA) is 73.7 Å². The highest BCUT2D eigenvalue weighted by atomic mass is 79.9. The number of benzene rings is 2. The first-order valence-electron chi connectivity index (χ1n) is 10.0. The number of aromatic nitrogens is 1. The van der Waals surface area contributed by atoms with Crippen LogP contribution in [0.25, 0.3) is 10.8 Å². The lowest BCUT2D eigenvalue weighted by atomic mass is 10.1. The van der Waals surface area contributed by atoms with E-state index >= 15 is 0 Å². The zero-order valence-corrected chi connectivity index (χ0v) is 19.0. The van der Waals surface area contributed by atoms with Gasteiger partial charge >= 0.3 is 12.1 Å². The second kappa shape index (κ2) is 10.7. The molecule has 0 aliphatic carbocycles. The van der Waals surface area contributed by atoms with E-state index in [1.165, 1.54) is 11.1 Å². The number of hydrogen-bond acceptors (Lipinski definition) is 4. The van der Waals surface area contributed by atoms with Gasteiger partial charge in [-0.15, -0.1) is 0 Å². The molecule has 1 saturated heterocycles. The Morgan fingerprint density at radius 2 is 1.61 bits per heavy atom. The summed E-state index contributed by atoms with van der Waals surface area (Å²) in [5, 5.41) is 9.48. The second-order valence-electron chi connectivity index (χ2n) is 7.38. The van der Waals surface area contributed by atoms with Gasteiger partial charge < -0.3 is 14.9 Å². The zero-order chi connectivity index (χ0) is 24.0. The Balaban J connectivity index is 0.000000383. The number of halogens is 4. The van der Waals surface area contributed by atoms with Gasteiger partial charge in [0.25, 0.3) is 0 Å². The lowest BCUT2D eigenvalue weighted by Crippen LogP contribution is -2.49. The molecule has 1 fully saturated rings. The maximum atomic E-state index is 12.6. The fourth-order valence-electron chi connectivity index (χ4n) is 3.37. The average molecular weight is 524 g/mol. The van der Waals surface area contributed by atoms with E-state index in [1.54, 1.807) is 0 Å². The highest BCUT2D eigenvalue weighted by molar-refractivity contribution is 9.10. The van der Waals surface area contributed by atoms with Gasteiger partial charge in [0, 0.05) is 54.1 Å². The first-order chi connectivity index (χ1) is 15.6. The molecular weight excluding hydrogens is 503 g/mol. The molecule has 174 valence electrons. The zero-order valence-electron chi connectivity index (χ0n) is 17.4. The van der Waals surface area contributed by atoms with E-state index in [2.05, 4.69) is 44.0 Å². The third kappa shape index (κ3) is 6.92. The van der Waals surface area contributed by atoms with E-state index < -0.39 is 12.1 Å². The van der Waals surface area contributed by atoms with Gasteiger partial charge in [-0.05, 0) is 41.3 Å². The van der Waals surface area contributed by atoms with Crippen LogP contribution in [-0.4, -0.2) is 59.2 Å². The van der Waals surface area contributed by atoms with Gasteiger partial charge in [0.2, 0.25) is 5.91 Å². The summed E-state index contributed by atoms with van der Waals surface area (Å²) in [7, 11) is 0. The molecule has 0 bridgehead atoms. The molecule has 1 aliphatic heterocycles. The van der Waals surface area contributed by atoms with Crippen molar-refractivity contribution in [2.24, 2.45) is 0 Å². The minimum atomic E-state index is -5.08. The Kier molecular flexibility index (Phi) is 7.91. The molecule has 0 saturated carbocycles. The monoisotopic (exact) mass is 523 g/mol. The van der Waals surface area contributed by atoms with Crippen LogP contribution in [0.3, 0.4) is 0 Å². The van der Waals surface area contributed by atoms with Crippen molar-refractivity contribution in [1.29, 1.82) is 0 Å². The summed E-state index contributed by atoms with van der Waals surface area (Å²) in [6, 6.07) is 16.5. The number of anilines is 1. The number of aliphatic carboxylic acids is 1. The smallest absolute Gasteiger partial charge is 0.475 e. The van der Waals surface area contributed by atoms with Gasteiger partial charge in [0.05, 0.1) is 6.42 Å². The van der Waals surface area contributed by atoms with Crippen LogP contribution in [-0.2, 0) is 16.0 Å². The number of nitrogens with zero attached hydrogens (tertiary/aromatic N) is 3. The molecule has 0 atom stereocenters. The van der Waals surface area contributed by atoms with E-state index in [0.717, 1.165) is 41.6 Å². The molecule has 4 rings (SSSR count). The van der Waals surface area contributed by atoms with Gasteiger partial charge in [-0.1, -0.05) is 34.1 Å². The van der Waals surface area contributed by atoms with E-state index in [4.69, 9.17) is 9.90 Å². The van der Waals surface area contributed by atoms with Crippen LogP contribution in [0, 0.1) is 0 Å². The quantitative estimate of drug-likeness (QED) is 0.546. The molecule has 1 aliphatic rings. The van der Waals surface area contributed by atoms with E-state index in [0.29, 0.717) is 6.42 Å². The Hall–Kier alpha value is -3.14. The van der Waals surface area contributed by atoms with Crippen LogP contribution in [0.5, 0.6) is 0 Å².